The molecule has 12 atom stereocenters. The Balaban J connectivity index is 1.56. The molecule has 2 aliphatic heterocycles. The third-order valence-corrected chi connectivity index (χ3v) is 22.8. The first-order valence-electron chi connectivity index (χ1n) is 46.2. The highest BCUT2D eigenvalue weighted by Crippen LogP contribution is 2.31. The van der Waals surface area contributed by atoms with Crippen LogP contribution < -0.4 is 5.32 Å². The number of aliphatic hydroxyl groups is 8. The van der Waals surface area contributed by atoms with Crippen molar-refractivity contribution in [3.05, 3.63) is 36.5 Å². The van der Waals surface area contributed by atoms with Gasteiger partial charge < -0.3 is 65.1 Å². The molecule has 1 amide bonds. The molecular formula is C92H175NO13. The highest BCUT2D eigenvalue weighted by molar-refractivity contribution is 5.76. The number of carbonyl (C=O) groups excluding carboxylic acids is 1. The molecule has 0 aromatic heterocycles. The van der Waals surface area contributed by atoms with Gasteiger partial charge in [-0.15, -0.1) is 0 Å². The fourth-order valence-corrected chi connectivity index (χ4v) is 15.6. The molecule has 14 heteroatoms. The summed E-state index contributed by atoms with van der Waals surface area (Å²) < 4.78 is 22.9. The molecule has 0 saturated carbocycles. The van der Waals surface area contributed by atoms with Crippen LogP contribution in [0.1, 0.15) is 450 Å². The van der Waals surface area contributed by atoms with Gasteiger partial charge in [0.15, 0.2) is 12.6 Å². The summed E-state index contributed by atoms with van der Waals surface area (Å²) in [6, 6.07) is -0.939. The van der Waals surface area contributed by atoms with Crippen molar-refractivity contribution >= 4 is 5.91 Å². The molecule has 9 N–H and O–H groups in total. The van der Waals surface area contributed by atoms with Crippen LogP contribution in [0.2, 0.25) is 0 Å². The molecule has 626 valence electrons. The zero-order chi connectivity index (χ0) is 76.5. The Morgan fingerprint density at radius 2 is 0.604 bits per heavy atom. The lowest BCUT2D eigenvalue weighted by atomic mass is 9.97. The standard InChI is InChI=1S/C92H175NO13/c1-3-5-7-9-11-13-15-17-19-21-23-25-27-29-31-33-35-37-38-39-40-41-42-43-44-46-48-50-52-54-56-58-60-62-64-66-68-70-72-74-76-84(97)93-80(79-103-91-89(102)87(100)90(83(78-95)105-91)106-92-88(101)86(99)85(98)82(77-94)104-92)81(96)75-73-71-69-67-65-63-61-59-57-55-53-51-49-47-45-36-34-32-30-28-26-24-22-20-18-16-14-12-10-8-6-4-2/h57,59,65,67,73,75,80-83,85-92,94-96,98-102H,3-56,58,60-64,66,68-72,74,76-79H2,1-2H3,(H,93,97)/b59-57+,67-65+,75-73+. The summed E-state index contributed by atoms with van der Waals surface area (Å²) in [6.07, 6.45) is 85.8. The van der Waals surface area contributed by atoms with Gasteiger partial charge in [-0.25, -0.2) is 0 Å². The van der Waals surface area contributed by atoms with Crippen molar-refractivity contribution in [1.82, 2.24) is 5.32 Å². The van der Waals surface area contributed by atoms with Gasteiger partial charge in [-0.05, 0) is 44.9 Å². The number of nitrogens with one attached hydrogen (secondary N) is 1. The van der Waals surface area contributed by atoms with Crippen molar-refractivity contribution in [3.8, 4) is 0 Å². The Bertz CT molecular complexity index is 1920. The van der Waals surface area contributed by atoms with E-state index in [9.17, 15) is 45.6 Å². The van der Waals surface area contributed by atoms with E-state index in [4.69, 9.17) is 18.9 Å². The quantitative estimate of drug-likeness (QED) is 0.0204. The Morgan fingerprint density at radius 1 is 0.330 bits per heavy atom. The highest BCUT2D eigenvalue weighted by Gasteiger charge is 2.51. The monoisotopic (exact) mass is 1500 g/mol. The van der Waals surface area contributed by atoms with Crippen LogP contribution in [0.15, 0.2) is 36.5 Å². The van der Waals surface area contributed by atoms with E-state index in [1.165, 1.54) is 372 Å². The molecule has 0 spiro atoms. The average molecular weight is 1500 g/mol. The molecule has 0 aliphatic carbocycles. The maximum Gasteiger partial charge on any atom is 0.220 e. The van der Waals surface area contributed by atoms with Gasteiger partial charge in [-0.3, -0.25) is 4.79 Å². The number of carbonyl (C=O) groups is 1. The Hall–Kier alpha value is -1.79. The number of ether oxygens (including phenoxy) is 4. The lowest BCUT2D eigenvalue weighted by molar-refractivity contribution is -0.359. The Morgan fingerprint density at radius 3 is 0.925 bits per heavy atom. The molecular weight excluding hydrogens is 1330 g/mol. The van der Waals surface area contributed by atoms with E-state index in [0.717, 1.165) is 44.9 Å². The van der Waals surface area contributed by atoms with Gasteiger partial charge in [0.25, 0.3) is 0 Å². The maximum atomic E-state index is 13.4. The van der Waals surface area contributed by atoms with E-state index in [1.807, 2.05) is 6.08 Å². The second kappa shape index (κ2) is 75.9. The largest absolute Gasteiger partial charge is 0.394 e. The first-order chi connectivity index (χ1) is 52.1. The van der Waals surface area contributed by atoms with Crippen LogP contribution in [0.4, 0.5) is 0 Å². The number of unbranched alkanes of at least 4 members (excludes halogenated alkanes) is 63. The molecule has 2 saturated heterocycles. The molecule has 2 heterocycles. The summed E-state index contributed by atoms with van der Waals surface area (Å²) in [5.41, 5.74) is 0. The summed E-state index contributed by atoms with van der Waals surface area (Å²) in [7, 11) is 0. The topological polar surface area (TPSA) is 228 Å². The summed E-state index contributed by atoms with van der Waals surface area (Å²) in [5, 5.41) is 87.8. The van der Waals surface area contributed by atoms with Gasteiger partial charge in [0.05, 0.1) is 32.0 Å². The van der Waals surface area contributed by atoms with Crippen molar-refractivity contribution in [1.29, 1.82) is 0 Å². The number of rotatable bonds is 80. The maximum absolute atomic E-state index is 13.4. The molecule has 0 aromatic carbocycles. The fourth-order valence-electron chi connectivity index (χ4n) is 15.6. The number of amides is 1. The number of allylic oxidation sites excluding steroid dienone is 5. The van der Waals surface area contributed by atoms with Crippen LogP contribution in [-0.4, -0.2) is 140 Å². The molecule has 2 rings (SSSR count). The summed E-state index contributed by atoms with van der Waals surface area (Å²) in [5.74, 6) is -0.243. The second-order valence-electron chi connectivity index (χ2n) is 32.8. The van der Waals surface area contributed by atoms with Crippen molar-refractivity contribution in [2.45, 2.75) is 524 Å². The molecule has 0 radical (unpaired) electrons. The van der Waals surface area contributed by atoms with Gasteiger partial charge >= 0.3 is 0 Å². The molecule has 12 unspecified atom stereocenters. The normalized spacial score (nSPS) is 21.4. The minimum atomic E-state index is -1.79. The van der Waals surface area contributed by atoms with Crippen LogP contribution >= 0.6 is 0 Å². The Kier molecular flexibility index (Phi) is 71.8. The van der Waals surface area contributed by atoms with Gasteiger partial charge in [0, 0.05) is 6.42 Å². The first-order valence-corrected chi connectivity index (χ1v) is 46.2. The lowest BCUT2D eigenvalue weighted by Gasteiger charge is -2.46. The van der Waals surface area contributed by atoms with E-state index < -0.39 is 86.8 Å². The van der Waals surface area contributed by atoms with E-state index in [2.05, 4.69) is 43.5 Å². The summed E-state index contributed by atoms with van der Waals surface area (Å²) in [4.78, 5) is 13.4. The van der Waals surface area contributed by atoms with Gasteiger partial charge in [-0.1, -0.05) is 436 Å². The van der Waals surface area contributed by atoms with Crippen LogP contribution in [-0.2, 0) is 23.7 Å². The third-order valence-electron chi connectivity index (χ3n) is 22.8. The average Bonchev–Trinajstić information content (AvgIpc) is 0.789. The van der Waals surface area contributed by atoms with Crippen LogP contribution in [0.25, 0.3) is 0 Å². The van der Waals surface area contributed by atoms with E-state index >= 15 is 0 Å². The van der Waals surface area contributed by atoms with Gasteiger partial charge in [-0.2, -0.15) is 0 Å². The third kappa shape index (κ3) is 57.3. The molecule has 14 nitrogen and oxygen atoms in total. The second-order valence-corrected chi connectivity index (χ2v) is 32.8. The predicted octanol–water partition coefficient (Wildman–Crippen LogP) is 22.7. The van der Waals surface area contributed by atoms with E-state index in [1.54, 1.807) is 6.08 Å². The first kappa shape index (κ1) is 100. The van der Waals surface area contributed by atoms with Crippen LogP contribution in [0.5, 0.6) is 0 Å². The van der Waals surface area contributed by atoms with Crippen LogP contribution in [0.3, 0.4) is 0 Å². The molecule has 0 aromatic rings. The minimum Gasteiger partial charge on any atom is -0.394 e. The lowest BCUT2D eigenvalue weighted by Crippen LogP contribution is -2.65. The minimum absolute atomic E-state index is 0.243. The van der Waals surface area contributed by atoms with Crippen molar-refractivity contribution < 1.29 is 64.6 Å². The van der Waals surface area contributed by atoms with Crippen molar-refractivity contribution in [2.24, 2.45) is 0 Å². The molecule has 2 aliphatic rings. The Labute approximate surface area is 652 Å². The zero-order valence-electron chi connectivity index (χ0n) is 69.2. The van der Waals surface area contributed by atoms with Crippen molar-refractivity contribution in [3.63, 3.8) is 0 Å². The highest BCUT2D eigenvalue weighted by atomic mass is 16.7. The smallest absolute Gasteiger partial charge is 0.220 e. The summed E-state index contributed by atoms with van der Waals surface area (Å²) in [6.45, 7) is 2.86. The number of hydrogen-bond donors (Lipinski definition) is 9. The fraction of sp³-hybridized carbons (Fsp3) is 0.924. The van der Waals surface area contributed by atoms with E-state index in [0.29, 0.717) is 12.8 Å². The predicted molar refractivity (Wildman–Crippen MR) is 443 cm³/mol. The number of hydrogen-bond acceptors (Lipinski definition) is 13. The molecule has 106 heavy (non-hydrogen) atoms. The van der Waals surface area contributed by atoms with E-state index in [-0.39, 0.29) is 18.9 Å². The number of aliphatic hydroxyl groups excluding tert-OH is 8. The molecule has 0 bridgehead atoms. The van der Waals surface area contributed by atoms with Crippen molar-refractivity contribution in [2.75, 3.05) is 19.8 Å². The zero-order valence-corrected chi connectivity index (χ0v) is 69.2. The SMILES string of the molecule is CCCCCCCCCCCCCCCCCCCCCCCC/C=C/CC/C=C/CC/C=C/C(O)C(COC1OC(CO)C(OC2OC(CO)C(O)C(O)C2O)C(O)C1O)NC(=O)CCCCCCCCCCCCCCCCCCCCCCCCCCCCCCCCCCCCCCCCCC. The molecule has 2 fully saturated rings. The van der Waals surface area contributed by atoms with Crippen LogP contribution in [0, 0.1) is 0 Å². The van der Waals surface area contributed by atoms with Gasteiger partial charge in [0.2, 0.25) is 5.91 Å². The summed E-state index contributed by atoms with van der Waals surface area (Å²) >= 11 is 0. The van der Waals surface area contributed by atoms with Gasteiger partial charge in [0.1, 0.15) is 48.8 Å².